The highest BCUT2D eigenvalue weighted by Crippen LogP contribution is 2.39. The summed E-state index contributed by atoms with van der Waals surface area (Å²) < 4.78 is 63.6. The van der Waals surface area contributed by atoms with Crippen molar-refractivity contribution < 1.29 is 31.8 Å². The first-order chi connectivity index (χ1) is 12.3. The predicted molar refractivity (Wildman–Crippen MR) is 92.8 cm³/mol. The summed E-state index contributed by atoms with van der Waals surface area (Å²) in [5.74, 6) is -1.77. The number of halogens is 5. The Labute approximate surface area is 158 Å². The van der Waals surface area contributed by atoms with Crippen LogP contribution in [0, 0.1) is 12.7 Å². The lowest BCUT2D eigenvalue weighted by atomic mass is 10.0. The molecule has 0 aliphatic heterocycles. The van der Waals surface area contributed by atoms with E-state index >= 15 is 0 Å². The standard InChI is InChI=1S/C19H17ClF4O3/c1-10-12(19(22,23)24)6-8-15(16(10)17(25)27-18(2,3)4)26-14-7-5-11(21)9-13(14)20/h5-9H,1-4H3. The van der Waals surface area contributed by atoms with Gasteiger partial charge in [-0.2, -0.15) is 13.2 Å². The van der Waals surface area contributed by atoms with Crippen molar-refractivity contribution in [2.24, 2.45) is 0 Å². The van der Waals surface area contributed by atoms with E-state index in [1.54, 1.807) is 20.8 Å². The molecule has 0 radical (unpaired) electrons. The summed E-state index contributed by atoms with van der Waals surface area (Å²) in [6.07, 6.45) is -4.66. The van der Waals surface area contributed by atoms with E-state index in [1.165, 1.54) is 6.07 Å². The van der Waals surface area contributed by atoms with Crippen LogP contribution in [-0.2, 0) is 10.9 Å². The summed E-state index contributed by atoms with van der Waals surface area (Å²) in [5.41, 5.74) is -2.63. The van der Waals surface area contributed by atoms with Gasteiger partial charge in [0.2, 0.25) is 0 Å². The van der Waals surface area contributed by atoms with Gasteiger partial charge in [-0.25, -0.2) is 9.18 Å². The van der Waals surface area contributed by atoms with Gasteiger partial charge in [0.1, 0.15) is 28.5 Å². The summed E-state index contributed by atoms with van der Waals surface area (Å²) in [7, 11) is 0. The van der Waals surface area contributed by atoms with Gasteiger partial charge >= 0.3 is 12.1 Å². The van der Waals surface area contributed by atoms with Crippen LogP contribution in [0.5, 0.6) is 11.5 Å². The lowest BCUT2D eigenvalue weighted by Crippen LogP contribution is -2.25. The molecule has 0 N–H and O–H groups in total. The van der Waals surface area contributed by atoms with E-state index in [9.17, 15) is 22.4 Å². The fourth-order valence-electron chi connectivity index (χ4n) is 2.34. The molecule has 0 spiro atoms. The molecule has 0 unspecified atom stereocenters. The summed E-state index contributed by atoms with van der Waals surface area (Å²) in [4.78, 5) is 12.5. The Morgan fingerprint density at radius 1 is 1.04 bits per heavy atom. The number of esters is 1. The van der Waals surface area contributed by atoms with Crippen molar-refractivity contribution >= 4 is 17.6 Å². The van der Waals surface area contributed by atoms with Gasteiger partial charge in [-0.05, 0) is 63.6 Å². The van der Waals surface area contributed by atoms with Crippen molar-refractivity contribution in [2.45, 2.75) is 39.5 Å². The third-order valence-corrected chi connectivity index (χ3v) is 3.74. The van der Waals surface area contributed by atoms with Crippen molar-refractivity contribution in [2.75, 3.05) is 0 Å². The lowest BCUT2D eigenvalue weighted by molar-refractivity contribution is -0.138. The molecule has 2 aromatic rings. The maximum Gasteiger partial charge on any atom is 0.416 e. The van der Waals surface area contributed by atoms with Crippen LogP contribution >= 0.6 is 11.6 Å². The molecule has 2 aromatic carbocycles. The number of carbonyl (C=O) groups is 1. The maximum absolute atomic E-state index is 13.2. The Balaban J connectivity index is 2.59. The molecular formula is C19H17ClF4O3. The van der Waals surface area contributed by atoms with E-state index in [0.717, 1.165) is 31.2 Å². The molecule has 0 atom stereocenters. The van der Waals surface area contributed by atoms with Gasteiger partial charge in [0, 0.05) is 0 Å². The molecule has 0 saturated heterocycles. The number of hydrogen-bond donors (Lipinski definition) is 0. The van der Waals surface area contributed by atoms with Gasteiger partial charge in [0.15, 0.2) is 0 Å². The zero-order valence-electron chi connectivity index (χ0n) is 15.0. The van der Waals surface area contributed by atoms with Crippen molar-refractivity contribution in [3.8, 4) is 11.5 Å². The van der Waals surface area contributed by atoms with Crippen LogP contribution in [-0.4, -0.2) is 11.6 Å². The molecule has 0 saturated carbocycles. The monoisotopic (exact) mass is 404 g/mol. The van der Waals surface area contributed by atoms with Crippen LogP contribution in [0.25, 0.3) is 0 Å². The number of benzene rings is 2. The SMILES string of the molecule is Cc1c(C(F)(F)F)ccc(Oc2ccc(F)cc2Cl)c1C(=O)OC(C)(C)C. The fourth-order valence-corrected chi connectivity index (χ4v) is 2.54. The number of carbonyl (C=O) groups excluding carboxylic acids is 1. The number of ether oxygens (including phenoxy) is 2. The van der Waals surface area contributed by atoms with Gasteiger partial charge in [-0.3, -0.25) is 0 Å². The van der Waals surface area contributed by atoms with Crippen LogP contribution in [0.4, 0.5) is 17.6 Å². The largest absolute Gasteiger partial charge is 0.456 e. The normalized spacial score (nSPS) is 12.0. The second-order valence-electron chi connectivity index (χ2n) is 6.79. The predicted octanol–water partition coefficient (Wildman–Crippen LogP) is 6.55. The molecule has 0 fully saturated rings. The molecule has 0 aliphatic rings. The first kappa shape index (κ1) is 21.0. The van der Waals surface area contributed by atoms with Crippen LogP contribution in [0.1, 0.15) is 42.3 Å². The first-order valence-electron chi connectivity index (χ1n) is 7.86. The zero-order chi connectivity index (χ0) is 20.6. The fraction of sp³-hybridized carbons (Fsp3) is 0.316. The van der Waals surface area contributed by atoms with E-state index in [-0.39, 0.29) is 27.6 Å². The molecule has 146 valence electrons. The van der Waals surface area contributed by atoms with Crippen molar-refractivity contribution in [3.05, 3.63) is 57.9 Å². The zero-order valence-corrected chi connectivity index (χ0v) is 15.8. The lowest BCUT2D eigenvalue weighted by Gasteiger charge is -2.23. The maximum atomic E-state index is 13.2. The van der Waals surface area contributed by atoms with Gasteiger partial charge in [-0.15, -0.1) is 0 Å². The topological polar surface area (TPSA) is 35.5 Å². The third-order valence-electron chi connectivity index (χ3n) is 3.45. The average Bonchev–Trinajstić information content (AvgIpc) is 2.47. The molecule has 0 aliphatic carbocycles. The van der Waals surface area contributed by atoms with E-state index in [1.807, 2.05) is 0 Å². The minimum Gasteiger partial charge on any atom is -0.456 e. The number of hydrogen-bond acceptors (Lipinski definition) is 3. The molecule has 0 aromatic heterocycles. The summed E-state index contributed by atoms with van der Waals surface area (Å²) in [6, 6.07) is 5.08. The van der Waals surface area contributed by atoms with E-state index < -0.39 is 29.1 Å². The summed E-state index contributed by atoms with van der Waals surface area (Å²) >= 11 is 5.90. The van der Waals surface area contributed by atoms with Crippen LogP contribution in [0.3, 0.4) is 0 Å². The Hall–Kier alpha value is -2.28. The third kappa shape index (κ3) is 5.13. The van der Waals surface area contributed by atoms with Gasteiger partial charge < -0.3 is 9.47 Å². The van der Waals surface area contributed by atoms with Crippen molar-refractivity contribution in [1.82, 2.24) is 0 Å². The molecule has 0 amide bonds. The van der Waals surface area contributed by atoms with E-state index in [4.69, 9.17) is 21.1 Å². The summed E-state index contributed by atoms with van der Waals surface area (Å²) in [5, 5.41) is -0.0947. The molecule has 3 nitrogen and oxygen atoms in total. The Morgan fingerprint density at radius 2 is 1.63 bits per heavy atom. The second-order valence-corrected chi connectivity index (χ2v) is 7.19. The Kier molecular flexibility index (Phi) is 5.75. The minimum absolute atomic E-state index is 0.0120. The summed E-state index contributed by atoms with van der Waals surface area (Å²) in [6.45, 7) is 5.92. The second kappa shape index (κ2) is 7.38. The minimum atomic E-state index is -4.66. The van der Waals surface area contributed by atoms with Crippen molar-refractivity contribution in [1.29, 1.82) is 0 Å². The number of rotatable bonds is 3. The molecule has 27 heavy (non-hydrogen) atoms. The first-order valence-corrected chi connectivity index (χ1v) is 8.24. The highest BCUT2D eigenvalue weighted by Gasteiger charge is 2.36. The highest BCUT2D eigenvalue weighted by molar-refractivity contribution is 6.32. The Morgan fingerprint density at radius 3 is 2.15 bits per heavy atom. The smallest absolute Gasteiger partial charge is 0.416 e. The molecule has 0 heterocycles. The van der Waals surface area contributed by atoms with Gasteiger partial charge in [0.05, 0.1) is 10.6 Å². The Bertz CT molecular complexity index is 870. The molecule has 2 rings (SSSR count). The van der Waals surface area contributed by atoms with Crippen LogP contribution in [0.2, 0.25) is 5.02 Å². The average molecular weight is 405 g/mol. The van der Waals surface area contributed by atoms with Crippen LogP contribution in [0.15, 0.2) is 30.3 Å². The van der Waals surface area contributed by atoms with Gasteiger partial charge in [0.25, 0.3) is 0 Å². The molecule has 8 heteroatoms. The molecular weight excluding hydrogens is 388 g/mol. The quantitative estimate of drug-likeness (QED) is 0.429. The number of alkyl halides is 3. The van der Waals surface area contributed by atoms with Gasteiger partial charge in [-0.1, -0.05) is 11.6 Å². The van der Waals surface area contributed by atoms with E-state index in [2.05, 4.69) is 0 Å². The highest BCUT2D eigenvalue weighted by atomic mass is 35.5. The van der Waals surface area contributed by atoms with Crippen molar-refractivity contribution in [3.63, 3.8) is 0 Å². The van der Waals surface area contributed by atoms with E-state index in [0.29, 0.717) is 0 Å². The molecule has 0 bridgehead atoms. The van der Waals surface area contributed by atoms with Crippen LogP contribution < -0.4 is 4.74 Å².